The molecular formula is C37H76NNaS2. The fourth-order valence-corrected chi connectivity index (χ4v) is 6.82. The SMILES string of the molecule is CCCCCCCCCCCCCCCCCCNC(=S)SCCCCCCCCCCCCCCCCCC.[NaH]. The van der Waals surface area contributed by atoms with Crippen LogP contribution in [0.5, 0.6) is 0 Å². The van der Waals surface area contributed by atoms with Crippen LogP contribution in [0, 0.1) is 0 Å². The van der Waals surface area contributed by atoms with E-state index < -0.39 is 0 Å². The van der Waals surface area contributed by atoms with E-state index in [1.807, 2.05) is 11.8 Å². The van der Waals surface area contributed by atoms with Crippen molar-refractivity contribution in [3.63, 3.8) is 0 Å². The summed E-state index contributed by atoms with van der Waals surface area (Å²) in [7, 11) is 0. The van der Waals surface area contributed by atoms with E-state index >= 15 is 0 Å². The quantitative estimate of drug-likeness (QED) is 0.0436. The van der Waals surface area contributed by atoms with Crippen molar-refractivity contribution in [3.05, 3.63) is 0 Å². The molecule has 0 aromatic heterocycles. The van der Waals surface area contributed by atoms with Crippen molar-refractivity contribution in [2.75, 3.05) is 12.3 Å². The zero-order valence-corrected chi connectivity index (χ0v) is 29.5. The molecule has 41 heavy (non-hydrogen) atoms. The van der Waals surface area contributed by atoms with Gasteiger partial charge in [0.2, 0.25) is 0 Å². The molecule has 0 aliphatic rings. The number of nitrogens with one attached hydrogen (secondary N) is 1. The first-order valence-corrected chi connectivity index (χ1v) is 20.1. The number of hydrogen-bond acceptors (Lipinski definition) is 2. The van der Waals surface area contributed by atoms with Gasteiger partial charge in [-0.3, -0.25) is 0 Å². The molecule has 0 aromatic rings. The topological polar surface area (TPSA) is 12.0 Å². The molecule has 0 heterocycles. The Bertz CT molecular complexity index is 434. The Balaban J connectivity index is 0. The molecule has 0 bridgehead atoms. The van der Waals surface area contributed by atoms with Crippen molar-refractivity contribution < 1.29 is 0 Å². The van der Waals surface area contributed by atoms with E-state index in [-0.39, 0.29) is 29.6 Å². The first-order chi connectivity index (χ1) is 19.8. The van der Waals surface area contributed by atoms with Crippen LogP contribution in [0.15, 0.2) is 0 Å². The van der Waals surface area contributed by atoms with Gasteiger partial charge in [0.05, 0.1) is 0 Å². The zero-order valence-electron chi connectivity index (χ0n) is 27.9. The van der Waals surface area contributed by atoms with Crippen LogP contribution in [0.3, 0.4) is 0 Å². The molecule has 0 unspecified atom stereocenters. The minimum absolute atomic E-state index is 0. The van der Waals surface area contributed by atoms with E-state index in [1.54, 1.807) is 0 Å². The van der Waals surface area contributed by atoms with Gasteiger partial charge < -0.3 is 5.32 Å². The molecule has 0 atom stereocenters. The summed E-state index contributed by atoms with van der Waals surface area (Å²) < 4.78 is 1.03. The van der Waals surface area contributed by atoms with Crippen LogP contribution in [0.1, 0.15) is 219 Å². The Labute approximate surface area is 292 Å². The summed E-state index contributed by atoms with van der Waals surface area (Å²) in [5.41, 5.74) is 0. The van der Waals surface area contributed by atoms with Gasteiger partial charge in [0.1, 0.15) is 4.32 Å². The second-order valence-electron chi connectivity index (χ2n) is 12.7. The summed E-state index contributed by atoms with van der Waals surface area (Å²) in [5, 5.41) is 3.48. The fourth-order valence-electron chi connectivity index (χ4n) is 5.73. The summed E-state index contributed by atoms with van der Waals surface area (Å²) in [4.78, 5) is 0. The van der Waals surface area contributed by atoms with Crippen LogP contribution in [0.25, 0.3) is 0 Å². The molecule has 0 aliphatic heterocycles. The van der Waals surface area contributed by atoms with Crippen molar-refractivity contribution in [3.8, 4) is 0 Å². The molecule has 0 aromatic carbocycles. The second kappa shape index (κ2) is 41.2. The van der Waals surface area contributed by atoms with Crippen LogP contribution in [0.4, 0.5) is 0 Å². The van der Waals surface area contributed by atoms with Crippen LogP contribution in [0.2, 0.25) is 0 Å². The molecule has 0 saturated heterocycles. The van der Waals surface area contributed by atoms with Gasteiger partial charge >= 0.3 is 29.6 Å². The van der Waals surface area contributed by atoms with Gasteiger partial charge in [-0.1, -0.05) is 230 Å². The molecule has 0 radical (unpaired) electrons. The Morgan fingerprint density at radius 1 is 0.390 bits per heavy atom. The summed E-state index contributed by atoms with van der Waals surface area (Å²) in [5.74, 6) is 1.20. The van der Waals surface area contributed by atoms with E-state index in [0.717, 1.165) is 10.9 Å². The maximum atomic E-state index is 5.53. The van der Waals surface area contributed by atoms with Crippen LogP contribution in [-0.4, -0.2) is 46.2 Å². The number of hydrogen-bond donors (Lipinski definition) is 1. The molecule has 0 aliphatic carbocycles. The van der Waals surface area contributed by atoms with E-state index in [1.165, 1.54) is 211 Å². The fraction of sp³-hybridized carbons (Fsp3) is 0.973. The van der Waals surface area contributed by atoms with Gasteiger partial charge in [0.25, 0.3) is 0 Å². The third-order valence-corrected chi connectivity index (χ3v) is 9.93. The van der Waals surface area contributed by atoms with Gasteiger partial charge in [0.15, 0.2) is 0 Å². The first kappa shape index (κ1) is 44.4. The molecule has 242 valence electrons. The molecule has 0 fully saturated rings. The molecule has 4 heteroatoms. The molecule has 0 amide bonds. The van der Waals surface area contributed by atoms with E-state index in [2.05, 4.69) is 19.2 Å². The monoisotopic (exact) mass is 622 g/mol. The van der Waals surface area contributed by atoms with Gasteiger partial charge in [-0.2, -0.15) is 0 Å². The second-order valence-corrected chi connectivity index (χ2v) is 14.4. The predicted octanol–water partition coefficient (Wildman–Crippen LogP) is 13.5. The first-order valence-electron chi connectivity index (χ1n) is 18.7. The van der Waals surface area contributed by atoms with Crippen LogP contribution >= 0.6 is 24.0 Å². The number of unbranched alkanes of at least 4 members (excludes halogenated alkanes) is 30. The third kappa shape index (κ3) is 41.2. The minimum atomic E-state index is 0. The molecule has 1 N–H and O–H groups in total. The van der Waals surface area contributed by atoms with Crippen molar-refractivity contribution >= 4 is 57.9 Å². The van der Waals surface area contributed by atoms with Crippen LogP contribution < -0.4 is 5.32 Å². The maximum absolute atomic E-state index is 5.53. The van der Waals surface area contributed by atoms with E-state index in [0.29, 0.717) is 0 Å². The van der Waals surface area contributed by atoms with Crippen molar-refractivity contribution in [2.45, 2.75) is 219 Å². The Kier molecular flexibility index (Phi) is 44.6. The Morgan fingerprint density at radius 3 is 0.927 bits per heavy atom. The van der Waals surface area contributed by atoms with Crippen molar-refractivity contribution in [1.29, 1.82) is 0 Å². The van der Waals surface area contributed by atoms with E-state index in [4.69, 9.17) is 12.2 Å². The Hall–Kier alpha value is 1.24. The zero-order chi connectivity index (χ0) is 29.0. The van der Waals surface area contributed by atoms with Gasteiger partial charge in [-0.15, -0.1) is 0 Å². The average molecular weight is 622 g/mol. The van der Waals surface area contributed by atoms with Crippen molar-refractivity contribution in [1.82, 2.24) is 5.32 Å². The van der Waals surface area contributed by atoms with E-state index in [9.17, 15) is 0 Å². The number of thiocarbonyl (C=S) groups is 1. The Morgan fingerprint density at radius 2 is 0.634 bits per heavy atom. The van der Waals surface area contributed by atoms with Crippen LogP contribution in [-0.2, 0) is 0 Å². The number of rotatable bonds is 34. The molecular weight excluding hydrogens is 546 g/mol. The molecule has 0 rings (SSSR count). The third-order valence-electron chi connectivity index (χ3n) is 8.53. The summed E-state index contributed by atoms with van der Waals surface area (Å²) in [6.45, 7) is 5.68. The average Bonchev–Trinajstić information content (AvgIpc) is 2.96. The molecule has 0 saturated carbocycles. The summed E-state index contributed by atoms with van der Waals surface area (Å²) >= 11 is 7.40. The normalized spacial score (nSPS) is 11.1. The molecule has 1 nitrogen and oxygen atoms in total. The summed E-state index contributed by atoms with van der Waals surface area (Å²) in [6, 6.07) is 0. The standard InChI is InChI=1S/C37H75NS2.Na.H/c1-3-5-7-9-11-13-15-17-19-21-23-25-27-29-31-33-35-38-37(39)40-36-34-32-30-28-26-24-22-20-18-16-14-12-10-8-6-4-2;;/h3-36H2,1-2H3,(H,38,39);;. The van der Waals surface area contributed by atoms with Gasteiger partial charge in [-0.25, -0.2) is 0 Å². The van der Waals surface area contributed by atoms with Gasteiger partial charge in [-0.05, 0) is 12.8 Å². The predicted molar refractivity (Wildman–Crippen MR) is 199 cm³/mol. The summed E-state index contributed by atoms with van der Waals surface area (Å²) in [6.07, 6.45) is 45.9. The van der Waals surface area contributed by atoms with Gasteiger partial charge in [0, 0.05) is 12.3 Å². The number of thioether (sulfide) groups is 1. The molecule has 0 spiro atoms. The van der Waals surface area contributed by atoms with Crippen molar-refractivity contribution in [2.24, 2.45) is 0 Å².